The van der Waals surface area contributed by atoms with Gasteiger partial charge in [-0.15, -0.1) is 0 Å². The molecule has 0 fully saturated rings. The maximum Gasteiger partial charge on any atom is 0.343 e. The zero-order valence-corrected chi connectivity index (χ0v) is 11.1. The first-order chi connectivity index (χ1) is 9.15. The molecule has 0 aromatic heterocycles. The molecule has 0 atom stereocenters. The molecule has 1 amide bonds. The topological polar surface area (TPSA) is 76.7 Å². The third-order valence-electron chi connectivity index (χ3n) is 2.31. The van der Waals surface area contributed by atoms with Gasteiger partial charge in [-0.3, -0.25) is 4.79 Å². The minimum absolute atomic E-state index is 0.0802. The summed E-state index contributed by atoms with van der Waals surface area (Å²) < 4.78 is 9.73. The lowest BCUT2D eigenvalue weighted by molar-refractivity contribution is -0.142. The van der Waals surface area contributed by atoms with Crippen LogP contribution in [0.2, 0.25) is 0 Å². The van der Waals surface area contributed by atoms with E-state index in [1.165, 1.54) is 7.11 Å². The van der Waals surface area contributed by atoms with Gasteiger partial charge in [0.2, 0.25) is 5.91 Å². The van der Waals surface area contributed by atoms with Crippen LogP contribution in [0.3, 0.4) is 0 Å². The Morgan fingerprint density at radius 3 is 2.79 bits per heavy atom. The van der Waals surface area contributed by atoms with Crippen molar-refractivity contribution in [2.45, 2.75) is 6.54 Å². The molecule has 0 saturated carbocycles. The summed E-state index contributed by atoms with van der Waals surface area (Å²) in [5.74, 6) is 0.0434. The van der Waals surface area contributed by atoms with Gasteiger partial charge in [0.25, 0.3) is 0 Å². The van der Waals surface area contributed by atoms with Gasteiger partial charge in [0, 0.05) is 6.54 Å². The van der Waals surface area contributed by atoms with Gasteiger partial charge >= 0.3 is 5.97 Å². The number of carbonyl (C=O) groups is 2. The number of rotatable bonds is 7. The van der Waals surface area contributed by atoms with E-state index in [0.29, 0.717) is 12.3 Å². The molecule has 6 heteroatoms. The third-order valence-corrected chi connectivity index (χ3v) is 2.31. The standard InChI is InChI=1S/C13H18N2O4/c1-14-8-12(16)15-7-10-4-3-5-11(6-10)19-9-13(17)18-2/h3-6,14H,7-9H2,1-2H3,(H,15,16). The highest BCUT2D eigenvalue weighted by molar-refractivity contribution is 5.77. The predicted octanol–water partition coefficient (Wildman–Crippen LogP) is 0.0740. The molecule has 0 bridgehead atoms. The maximum absolute atomic E-state index is 11.3. The Kier molecular flexibility index (Phi) is 6.38. The van der Waals surface area contributed by atoms with Gasteiger partial charge in [-0.25, -0.2) is 4.79 Å². The molecule has 104 valence electrons. The molecule has 0 aliphatic carbocycles. The molecule has 2 N–H and O–H groups in total. The molecule has 19 heavy (non-hydrogen) atoms. The SMILES string of the molecule is CNCC(=O)NCc1cccc(OCC(=O)OC)c1. The smallest absolute Gasteiger partial charge is 0.343 e. The van der Waals surface area contributed by atoms with Gasteiger partial charge in [-0.1, -0.05) is 12.1 Å². The lowest BCUT2D eigenvalue weighted by Gasteiger charge is -2.08. The Bertz CT molecular complexity index is 434. The van der Waals surface area contributed by atoms with Crippen molar-refractivity contribution in [2.24, 2.45) is 0 Å². The first-order valence-electron chi connectivity index (χ1n) is 5.85. The molecule has 0 aliphatic heterocycles. The summed E-state index contributed by atoms with van der Waals surface area (Å²) in [6.07, 6.45) is 0. The van der Waals surface area contributed by atoms with E-state index in [9.17, 15) is 9.59 Å². The largest absolute Gasteiger partial charge is 0.482 e. The molecule has 1 aromatic rings. The Hall–Kier alpha value is -2.08. The number of methoxy groups -OCH3 is 1. The fraction of sp³-hybridized carbons (Fsp3) is 0.385. The molecule has 0 spiro atoms. The molecule has 0 heterocycles. The number of carbonyl (C=O) groups excluding carboxylic acids is 2. The fourth-order valence-corrected chi connectivity index (χ4v) is 1.37. The summed E-state index contributed by atoms with van der Waals surface area (Å²) in [4.78, 5) is 22.2. The predicted molar refractivity (Wildman–Crippen MR) is 69.7 cm³/mol. The van der Waals surface area contributed by atoms with E-state index in [1.807, 2.05) is 6.07 Å². The second kappa shape index (κ2) is 8.10. The van der Waals surface area contributed by atoms with E-state index in [0.717, 1.165) is 5.56 Å². The van der Waals surface area contributed by atoms with Crippen molar-refractivity contribution < 1.29 is 19.1 Å². The molecule has 0 unspecified atom stereocenters. The van der Waals surface area contributed by atoms with E-state index in [-0.39, 0.29) is 19.1 Å². The number of benzene rings is 1. The van der Waals surface area contributed by atoms with Crippen LogP contribution in [0.5, 0.6) is 5.75 Å². The quantitative estimate of drug-likeness (QED) is 0.683. The highest BCUT2D eigenvalue weighted by Crippen LogP contribution is 2.13. The van der Waals surface area contributed by atoms with Crippen molar-refractivity contribution in [3.63, 3.8) is 0 Å². The number of esters is 1. The van der Waals surface area contributed by atoms with Gasteiger partial charge < -0.3 is 20.1 Å². The Morgan fingerprint density at radius 1 is 1.32 bits per heavy atom. The lowest BCUT2D eigenvalue weighted by atomic mass is 10.2. The summed E-state index contributed by atoms with van der Waals surface area (Å²) in [5, 5.41) is 5.52. The molecular formula is C13H18N2O4. The molecule has 6 nitrogen and oxygen atoms in total. The van der Waals surface area contributed by atoms with E-state index in [2.05, 4.69) is 15.4 Å². The molecular weight excluding hydrogens is 248 g/mol. The zero-order valence-electron chi connectivity index (χ0n) is 11.1. The van der Waals surface area contributed by atoms with Gasteiger partial charge in [0.15, 0.2) is 6.61 Å². The third kappa shape index (κ3) is 5.87. The van der Waals surface area contributed by atoms with Crippen molar-refractivity contribution in [1.82, 2.24) is 10.6 Å². The summed E-state index contributed by atoms with van der Waals surface area (Å²) in [6.45, 7) is 0.556. The van der Waals surface area contributed by atoms with Crippen LogP contribution < -0.4 is 15.4 Å². The van der Waals surface area contributed by atoms with Crippen LogP contribution in [0.15, 0.2) is 24.3 Å². The summed E-state index contributed by atoms with van der Waals surface area (Å²) >= 11 is 0. The summed E-state index contributed by atoms with van der Waals surface area (Å²) in [6, 6.07) is 7.17. The molecule has 0 saturated heterocycles. The first kappa shape index (κ1) is 15.0. The van der Waals surface area contributed by atoms with Crippen molar-refractivity contribution in [1.29, 1.82) is 0 Å². The molecule has 0 aliphatic rings. The van der Waals surface area contributed by atoms with Crippen LogP contribution in [0.25, 0.3) is 0 Å². The number of nitrogens with one attached hydrogen (secondary N) is 2. The van der Waals surface area contributed by atoms with Crippen LogP contribution in [-0.2, 0) is 20.9 Å². The lowest BCUT2D eigenvalue weighted by Crippen LogP contribution is -2.31. The van der Waals surface area contributed by atoms with Crippen LogP contribution >= 0.6 is 0 Å². The number of hydrogen-bond donors (Lipinski definition) is 2. The maximum atomic E-state index is 11.3. The Morgan fingerprint density at radius 2 is 2.11 bits per heavy atom. The van der Waals surface area contributed by atoms with Gasteiger partial charge in [0.1, 0.15) is 5.75 Å². The van der Waals surface area contributed by atoms with E-state index < -0.39 is 5.97 Å². The van der Waals surface area contributed by atoms with Crippen LogP contribution in [0.4, 0.5) is 0 Å². The Balaban J connectivity index is 2.47. The normalized spacial score (nSPS) is 9.79. The van der Waals surface area contributed by atoms with Crippen LogP contribution in [0, 0.1) is 0 Å². The first-order valence-corrected chi connectivity index (χ1v) is 5.85. The summed E-state index contributed by atoms with van der Waals surface area (Å²) in [7, 11) is 3.01. The summed E-state index contributed by atoms with van der Waals surface area (Å²) in [5.41, 5.74) is 0.895. The van der Waals surface area contributed by atoms with Crippen LogP contribution in [-0.4, -0.2) is 39.2 Å². The van der Waals surface area contributed by atoms with Gasteiger partial charge in [-0.05, 0) is 24.7 Å². The highest BCUT2D eigenvalue weighted by Gasteiger charge is 2.03. The average Bonchev–Trinajstić information content (AvgIpc) is 2.43. The minimum Gasteiger partial charge on any atom is -0.482 e. The minimum atomic E-state index is -0.437. The number of likely N-dealkylation sites (N-methyl/N-ethyl adjacent to an activating group) is 1. The monoisotopic (exact) mass is 266 g/mol. The average molecular weight is 266 g/mol. The second-order valence-corrected chi connectivity index (χ2v) is 3.82. The van der Waals surface area contributed by atoms with Crippen molar-refractivity contribution in [3.8, 4) is 5.75 Å². The van der Waals surface area contributed by atoms with Crippen molar-refractivity contribution in [3.05, 3.63) is 29.8 Å². The van der Waals surface area contributed by atoms with E-state index in [1.54, 1.807) is 25.2 Å². The van der Waals surface area contributed by atoms with Gasteiger partial charge in [0.05, 0.1) is 13.7 Å². The fourth-order valence-electron chi connectivity index (χ4n) is 1.37. The second-order valence-electron chi connectivity index (χ2n) is 3.82. The van der Waals surface area contributed by atoms with Crippen LogP contribution in [0.1, 0.15) is 5.56 Å². The zero-order chi connectivity index (χ0) is 14.1. The number of amides is 1. The van der Waals surface area contributed by atoms with Crippen molar-refractivity contribution >= 4 is 11.9 Å². The molecule has 0 radical (unpaired) electrons. The van der Waals surface area contributed by atoms with Gasteiger partial charge in [-0.2, -0.15) is 0 Å². The van der Waals surface area contributed by atoms with E-state index in [4.69, 9.17) is 4.74 Å². The molecule has 1 aromatic carbocycles. The molecule has 1 rings (SSSR count). The Labute approximate surface area is 112 Å². The van der Waals surface area contributed by atoms with Crippen molar-refractivity contribution in [2.75, 3.05) is 27.3 Å². The highest BCUT2D eigenvalue weighted by atomic mass is 16.6. The number of ether oxygens (including phenoxy) is 2. The van der Waals surface area contributed by atoms with E-state index >= 15 is 0 Å². The number of hydrogen-bond acceptors (Lipinski definition) is 5.